The highest BCUT2D eigenvalue weighted by Crippen LogP contribution is 2.28. The highest BCUT2D eigenvalue weighted by atomic mass is 16.3. The number of hydrogen-bond acceptors (Lipinski definition) is 3. The summed E-state index contributed by atoms with van der Waals surface area (Å²) in [5.41, 5.74) is 2.79. The Bertz CT molecular complexity index is 440. The smallest absolute Gasteiger partial charge is 0.0612 e. The highest BCUT2D eigenvalue weighted by molar-refractivity contribution is 5.30. The summed E-state index contributed by atoms with van der Waals surface area (Å²) in [7, 11) is 2.19. The molecule has 20 heavy (non-hydrogen) atoms. The van der Waals surface area contributed by atoms with Crippen LogP contribution >= 0.6 is 0 Å². The van der Waals surface area contributed by atoms with Gasteiger partial charge in [0.05, 0.1) is 6.10 Å². The second-order valence-corrected chi connectivity index (χ2v) is 6.44. The third-order valence-electron chi connectivity index (χ3n) is 4.99. The number of hydrogen-bond donors (Lipinski definition) is 1. The van der Waals surface area contributed by atoms with E-state index in [2.05, 4.69) is 41.1 Å². The van der Waals surface area contributed by atoms with Crippen molar-refractivity contribution in [2.24, 2.45) is 5.92 Å². The van der Waals surface area contributed by atoms with Gasteiger partial charge in [0.25, 0.3) is 0 Å². The van der Waals surface area contributed by atoms with Crippen LogP contribution in [0.5, 0.6) is 0 Å². The number of aliphatic hydroxyl groups is 1. The molecule has 3 rings (SSSR count). The molecule has 1 aliphatic carbocycles. The van der Waals surface area contributed by atoms with Gasteiger partial charge in [-0.3, -0.25) is 0 Å². The van der Waals surface area contributed by atoms with E-state index >= 15 is 0 Å². The average molecular weight is 274 g/mol. The predicted octanol–water partition coefficient (Wildman–Crippen LogP) is 1.40. The van der Waals surface area contributed by atoms with Crippen LogP contribution in [0.1, 0.15) is 17.5 Å². The number of nitrogens with zero attached hydrogens (tertiary/aromatic N) is 2. The van der Waals surface area contributed by atoms with Gasteiger partial charge in [0.2, 0.25) is 0 Å². The number of benzene rings is 1. The van der Waals surface area contributed by atoms with E-state index in [1.54, 1.807) is 0 Å². The molecule has 2 atom stereocenters. The van der Waals surface area contributed by atoms with Gasteiger partial charge < -0.3 is 14.9 Å². The number of likely N-dealkylation sites (N-methyl/N-ethyl adjacent to an activating group) is 1. The summed E-state index contributed by atoms with van der Waals surface area (Å²) in [6.45, 7) is 5.84. The molecule has 110 valence electrons. The topological polar surface area (TPSA) is 26.7 Å². The number of rotatable bonds is 3. The highest BCUT2D eigenvalue weighted by Gasteiger charge is 2.27. The van der Waals surface area contributed by atoms with E-state index in [-0.39, 0.29) is 6.10 Å². The quantitative estimate of drug-likeness (QED) is 0.902. The minimum absolute atomic E-state index is 0.155. The van der Waals surface area contributed by atoms with Gasteiger partial charge in [-0.1, -0.05) is 24.3 Å². The van der Waals surface area contributed by atoms with Gasteiger partial charge in [-0.15, -0.1) is 0 Å². The van der Waals surface area contributed by atoms with Crippen LogP contribution in [0.3, 0.4) is 0 Å². The molecule has 1 aliphatic heterocycles. The monoisotopic (exact) mass is 274 g/mol. The van der Waals surface area contributed by atoms with Crippen molar-refractivity contribution in [2.45, 2.75) is 25.4 Å². The fourth-order valence-corrected chi connectivity index (χ4v) is 3.48. The molecule has 0 spiro atoms. The number of fused-ring (bicyclic) bond motifs is 1. The van der Waals surface area contributed by atoms with Gasteiger partial charge in [0.1, 0.15) is 0 Å². The van der Waals surface area contributed by atoms with Gasteiger partial charge in [0, 0.05) is 26.2 Å². The molecule has 1 aromatic carbocycles. The van der Waals surface area contributed by atoms with E-state index in [9.17, 15) is 5.11 Å². The van der Waals surface area contributed by atoms with Crippen LogP contribution < -0.4 is 0 Å². The minimum atomic E-state index is -0.155. The molecule has 3 heteroatoms. The normalized spacial score (nSPS) is 28.3. The molecule has 0 saturated carbocycles. The molecule has 0 bridgehead atoms. The van der Waals surface area contributed by atoms with Gasteiger partial charge in [-0.25, -0.2) is 0 Å². The SMILES string of the molecule is CN1CCN(CC[C@H]2Cc3ccccc3C[C@@H]2O)CC1. The summed E-state index contributed by atoms with van der Waals surface area (Å²) < 4.78 is 0. The van der Waals surface area contributed by atoms with Crippen LogP contribution in [0.25, 0.3) is 0 Å². The summed E-state index contributed by atoms with van der Waals surface area (Å²) in [4.78, 5) is 4.94. The van der Waals surface area contributed by atoms with Gasteiger partial charge in [0.15, 0.2) is 0 Å². The van der Waals surface area contributed by atoms with Crippen molar-refractivity contribution in [3.8, 4) is 0 Å². The second-order valence-electron chi connectivity index (χ2n) is 6.44. The molecule has 1 fully saturated rings. The van der Waals surface area contributed by atoms with E-state index in [1.165, 1.54) is 37.3 Å². The lowest BCUT2D eigenvalue weighted by Crippen LogP contribution is -2.45. The summed E-state index contributed by atoms with van der Waals surface area (Å²) in [5, 5.41) is 10.4. The Balaban J connectivity index is 1.53. The molecule has 1 heterocycles. The zero-order valence-electron chi connectivity index (χ0n) is 12.5. The molecule has 1 N–H and O–H groups in total. The van der Waals surface area contributed by atoms with E-state index in [0.29, 0.717) is 5.92 Å². The standard InChI is InChI=1S/C17H26N2O/c1-18-8-10-19(11-9-18)7-6-16-12-14-4-2-3-5-15(14)13-17(16)20/h2-5,16-17,20H,6-13H2,1H3/t16-,17-/m0/s1. The van der Waals surface area contributed by atoms with Gasteiger partial charge in [-0.05, 0) is 49.9 Å². The molecule has 0 amide bonds. The lowest BCUT2D eigenvalue weighted by Gasteiger charge is -2.35. The van der Waals surface area contributed by atoms with E-state index in [0.717, 1.165) is 25.8 Å². The van der Waals surface area contributed by atoms with Crippen LogP contribution in [-0.4, -0.2) is 60.8 Å². The van der Waals surface area contributed by atoms with Crippen molar-refractivity contribution in [1.82, 2.24) is 9.80 Å². The Labute approximate surface area is 122 Å². The minimum Gasteiger partial charge on any atom is -0.392 e. The summed E-state index contributed by atoms with van der Waals surface area (Å²) in [6, 6.07) is 8.59. The second kappa shape index (κ2) is 6.25. The first-order valence-electron chi connectivity index (χ1n) is 7.88. The van der Waals surface area contributed by atoms with Crippen LogP contribution in [-0.2, 0) is 12.8 Å². The number of aliphatic hydroxyl groups excluding tert-OH is 1. The molecule has 0 aromatic heterocycles. The third kappa shape index (κ3) is 3.22. The van der Waals surface area contributed by atoms with Crippen molar-refractivity contribution >= 4 is 0 Å². The fourth-order valence-electron chi connectivity index (χ4n) is 3.48. The van der Waals surface area contributed by atoms with Crippen LogP contribution in [0.4, 0.5) is 0 Å². The molecular weight excluding hydrogens is 248 g/mol. The van der Waals surface area contributed by atoms with Crippen molar-refractivity contribution in [2.75, 3.05) is 39.8 Å². The fraction of sp³-hybridized carbons (Fsp3) is 0.647. The van der Waals surface area contributed by atoms with Crippen LogP contribution in [0.15, 0.2) is 24.3 Å². The number of piperazine rings is 1. The van der Waals surface area contributed by atoms with E-state index in [1.807, 2.05) is 0 Å². The van der Waals surface area contributed by atoms with Crippen LogP contribution in [0.2, 0.25) is 0 Å². The van der Waals surface area contributed by atoms with Crippen molar-refractivity contribution in [3.05, 3.63) is 35.4 Å². The van der Waals surface area contributed by atoms with Crippen molar-refractivity contribution in [3.63, 3.8) is 0 Å². The van der Waals surface area contributed by atoms with E-state index in [4.69, 9.17) is 0 Å². The zero-order valence-corrected chi connectivity index (χ0v) is 12.5. The lowest BCUT2D eigenvalue weighted by atomic mass is 9.80. The predicted molar refractivity (Wildman–Crippen MR) is 81.9 cm³/mol. The van der Waals surface area contributed by atoms with E-state index < -0.39 is 0 Å². The molecule has 0 radical (unpaired) electrons. The summed E-state index contributed by atoms with van der Waals surface area (Å²) in [5.74, 6) is 0.435. The maximum Gasteiger partial charge on any atom is 0.0612 e. The molecule has 0 unspecified atom stereocenters. The third-order valence-corrected chi connectivity index (χ3v) is 4.99. The summed E-state index contributed by atoms with van der Waals surface area (Å²) in [6.07, 6.45) is 2.85. The largest absolute Gasteiger partial charge is 0.392 e. The Morgan fingerprint density at radius 2 is 1.70 bits per heavy atom. The van der Waals surface area contributed by atoms with Gasteiger partial charge in [-0.2, -0.15) is 0 Å². The van der Waals surface area contributed by atoms with Crippen molar-refractivity contribution < 1.29 is 5.11 Å². The Morgan fingerprint density at radius 1 is 1.05 bits per heavy atom. The molecule has 1 saturated heterocycles. The molecule has 3 nitrogen and oxygen atoms in total. The zero-order chi connectivity index (χ0) is 13.9. The Kier molecular flexibility index (Phi) is 4.39. The van der Waals surface area contributed by atoms with Crippen LogP contribution in [0, 0.1) is 5.92 Å². The maximum absolute atomic E-state index is 10.4. The van der Waals surface area contributed by atoms with Crippen molar-refractivity contribution in [1.29, 1.82) is 0 Å². The molecule has 1 aromatic rings. The molecule has 2 aliphatic rings. The first-order valence-corrected chi connectivity index (χ1v) is 7.88. The maximum atomic E-state index is 10.4. The first-order chi connectivity index (χ1) is 9.72. The van der Waals surface area contributed by atoms with Gasteiger partial charge >= 0.3 is 0 Å². The Morgan fingerprint density at radius 3 is 2.40 bits per heavy atom. The summed E-state index contributed by atoms with van der Waals surface area (Å²) >= 11 is 0. The Hall–Kier alpha value is -0.900. The first kappa shape index (κ1) is 14.1. The lowest BCUT2D eigenvalue weighted by molar-refractivity contribution is 0.0787. The molecular formula is C17H26N2O. The average Bonchev–Trinajstić information content (AvgIpc) is 2.47.